The van der Waals surface area contributed by atoms with Gasteiger partial charge in [-0.15, -0.1) is 0 Å². The molecule has 27 heavy (non-hydrogen) atoms. The van der Waals surface area contributed by atoms with E-state index >= 15 is 0 Å². The van der Waals surface area contributed by atoms with Crippen molar-refractivity contribution in [1.29, 1.82) is 0 Å². The number of methoxy groups -OCH3 is 2. The first-order valence-electron chi connectivity index (χ1n) is 8.73. The van der Waals surface area contributed by atoms with Crippen molar-refractivity contribution in [3.05, 3.63) is 59.8 Å². The van der Waals surface area contributed by atoms with Crippen LogP contribution in [0.3, 0.4) is 0 Å². The average Bonchev–Trinajstić information content (AvgIpc) is 3.13. The van der Waals surface area contributed by atoms with Crippen LogP contribution in [0.1, 0.15) is 11.3 Å². The van der Waals surface area contributed by atoms with Gasteiger partial charge < -0.3 is 14.2 Å². The zero-order valence-electron chi connectivity index (χ0n) is 15.3. The predicted octanol–water partition coefficient (Wildman–Crippen LogP) is 3.80. The molecule has 0 radical (unpaired) electrons. The van der Waals surface area contributed by atoms with E-state index in [9.17, 15) is 4.79 Å². The summed E-state index contributed by atoms with van der Waals surface area (Å²) in [7, 11) is 3.24. The van der Waals surface area contributed by atoms with Crippen molar-refractivity contribution >= 4 is 22.7 Å². The maximum absolute atomic E-state index is 12.0. The Kier molecular flexibility index (Phi) is 4.54. The summed E-state index contributed by atoms with van der Waals surface area (Å²) in [6.07, 6.45) is 0.257. The molecule has 1 saturated heterocycles. The van der Waals surface area contributed by atoms with Crippen LogP contribution in [-0.2, 0) is 11.2 Å². The fourth-order valence-corrected chi connectivity index (χ4v) is 3.31. The fraction of sp³-hybridized carbons (Fsp3) is 0.238. The lowest BCUT2D eigenvalue weighted by Crippen LogP contribution is -2.24. The van der Waals surface area contributed by atoms with Crippen molar-refractivity contribution in [2.24, 2.45) is 0 Å². The lowest BCUT2D eigenvalue weighted by molar-refractivity contribution is 0.181. The molecule has 0 aliphatic carbocycles. The first kappa shape index (κ1) is 17.1. The van der Waals surface area contributed by atoms with Gasteiger partial charge in [-0.25, -0.2) is 9.78 Å². The Hall–Kier alpha value is -3.28. The highest BCUT2D eigenvalue weighted by atomic mass is 16.6. The average molecular weight is 364 g/mol. The molecule has 1 aliphatic heterocycles. The SMILES string of the molecule is COc1ccc(Cc2nc(N3CCOC3=O)cc3ccccc23)cc1OC. The second-order valence-electron chi connectivity index (χ2n) is 6.28. The lowest BCUT2D eigenvalue weighted by atomic mass is 10.0. The van der Waals surface area contributed by atoms with Crippen LogP contribution in [0.15, 0.2) is 48.5 Å². The minimum Gasteiger partial charge on any atom is -0.493 e. The van der Waals surface area contributed by atoms with Crippen LogP contribution in [0.5, 0.6) is 11.5 Å². The van der Waals surface area contributed by atoms with Crippen LogP contribution in [0.2, 0.25) is 0 Å². The lowest BCUT2D eigenvalue weighted by Gasteiger charge is -2.16. The number of aromatic nitrogens is 1. The number of carbonyl (C=O) groups is 1. The smallest absolute Gasteiger partial charge is 0.415 e. The van der Waals surface area contributed by atoms with Crippen LogP contribution in [-0.4, -0.2) is 38.4 Å². The molecular weight excluding hydrogens is 344 g/mol. The van der Waals surface area contributed by atoms with Gasteiger partial charge >= 0.3 is 6.09 Å². The monoisotopic (exact) mass is 364 g/mol. The second kappa shape index (κ2) is 7.15. The van der Waals surface area contributed by atoms with E-state index in [1.54, 1.807) is 19.1 Å². The van der Waals surface area contributed by atoms with Gasteiger partial charge in [0.05, 0.1) is 26.5 Å². The number of hydrogen-bond donors (Lipinski definition) is 0. The molecular formula is C21H20N2O4. The number of pyridine rings is 1. The highest BCUT2D eigenvalue weighted by Crippen LogP contribution is 2.30. The quantitative estimate of drug-likeness (QED) is 0.689. The number of nitrogens with zero attached hydrogens (tertiary/aromatic N) is 2. The van der Waals surface area contributed by atoms with Crippen LogP contribution in [0.25, 0.3) is 10.8 Å². The molecule has 1 aliphatic rings. The Balaban J connectivity index is 1.77. The first-order chi connectivity index (χ1) is 13.2. The van der Waals surface area contributed by atoms with Gasteiger partial charge in [-0.05, 0) is 29.1 Å². The van der Waals surface area contributed by atoms with Gasteiger partial charge in [0, 0.05) is 11.8 Å². The van der Waals surface area contributed by atoms with Gasteiger partial charge in [0.15, 0.2) is 11.5 Å². The molecule has 0 unspecified atom stereocenters. The number of hydrogen-bond acceptors (Lipinski definition) is 5. The number of anilines is 1. The molecule has 6 heteroatoms. The zero-order valence-corrected chi connectivity index (χ0v) is 15.3. The number of cyclic esters (lactones) is 1. The van der Waals surface area contributed by atoms with Gasteiger partial charge in [-0.2, -0.15) is 0 Å². The molecule has 1 amide bonds. The standard InChI is InChI=1S/C21H20N2O4/c1-25-18-8-7-14(12-19(18)26-2)11-17-16-6-4-3-5-15(16)13-20(22-17)23-9-10-27-21(23)24/h3-8,12-13H,9-11H2,1-2H3. The Morgan fingerprint density at radius 2 is 1.89 bits per heavy atom. The van der Waals surface area contributed by atoms with Gasteiger partial charge in [0.25, 0.3) is 0 Å². The molecule has 138 valence electrons. The number of carbonyl (C=O) groups excluding carboxylic acids is 1. The van der Waals surface area contributed by atoms with Gasteiger partial charge in [-0.1, -0.05) is 30.3 Å². The topological polar surface area (TPSA) is 60.9 Å². The number of fused-ring (bicyclic) bond motifs is 1. The summed E-state index contributed by atoms with van der Waals surface area (Å²) in [5, 5.41) is 2.10. The van der Waals surface area contributed by atoms with E-state index < -0.39 is 0 Å². The fourth-order valence-electron chi connectivity index (χ4n) is 3.31. The Bertz CT molecular complexity index is 1000. The van der Waals surface area contributed by atoms with Crippen LogP contribution >= 0.6 is 0 Å². The maximum Gasteiger partial charge on any atom is 0.415 e. The largest absolute Gasteiger partial charge is 0.493 e. The maximum atomic E-state index is 12.0. The third-order valence-electron chi connectivity index (χ3n) is 4.66. The Labute approximate surface area is 157 Å². The Morgan fingerprint density at radius 3 is 2.63 bits per heavy atom. The van der Waals surface area contributed by atoms with Crippen molar-refractivity contribution in [2.75, 3.05) is 32.3 Å². The molecule has 0 bridgehead atoms. The minimum atomic E-state index is -0.352. The van der Waals surface area contributed by atoms with Crippen molar-refractivity contribution in [3.8, 4) is 11.5 Å². The third-order valence-corrected chi connectivity index (χ3v) is 4.66. The molecule has 2 heterocycles. The molecule has 0 N–H and O–H groups in total. The van der Waals surface area contributed by atoms with Crippen molar-refractivity contribution in [3.63, 3.8) is 0 Å². The minimum absolute atomic E-state index is 0.352. The van der Waals surface area contributed by atoms with E-state index in [-0.39, 0.29) is 6.09 Å². The van der Waals surface area contributed by atoms with Crippen molar-refractivity contribution in [1.82, 2.24) is 4.98 Å². The highest BCUT2D eigenvalue weighted by Gasteiger charge is 2.25. The number of amides is 1. The van der Waals surface area contributed by atoms with Gasteiger partial charge in [-0.3, -0.25) is 4.90 Å². The van der Waals surface area contributed by atoms with E-state index in [1.165, 1.54) is 0 Å². The van der Waals surface area contributed by atoms with E-state index in [0.717, 1.165) is 22.0 Å². The van der Waals surface area contributed by atoms with Crippen molar-refractivity contribution in [2.45, 2.75) is 6.42 Å². The molecule has 0 spiro atoms. The molecule has 6 nitrogen and oxygen atoms in total. The van der Waals surface area contributed by atoms with Gasteiger partial charge in [0.1, 0.15) is 12.4 Å². The normalized spacial score (nSPS) is 13.7. The summed E-state index contributed by atoms with van der Waals surface area (Å²) in [6, 6.07) is 15.8. The molecule has 2 aromatic carbocycles. The van der Waals surface area contributed by atoms with Crippen LogP contribution < -0.4 is 14.4 Å². The Morgan fingerprint density at radius 1 is 1.07 bits per heavy atom. The summed E-state index contributed by atoms with van der Waals surface area (Å²) in [5.41, 5.74) is 1.95. The molecule has 1 fully saturated rings. The third kappa shape index (κ3) is 3.26. The first-order valence-corrected chi connectivity index (χ1v) is 8.73. The molecule has 1 aromatic heterocycles. The number of rotatable bonds is 5. The van der Waals surface area contributed by atoms with Crippen LogP contribution in [0.4, 0.5) is 10.6 Å². The van der Waals surface area contributed by atoms with E-state index in [0.29, 0.717) is 36.9 Å². The molecule has 0 atom stereocenters. The summed E-state index contributed by atoms with van der Waals surface area (Å²) in [6.45, 7) is 0.901. The van der Waals surface area contributed by atoms with E-state index in [4.69, 9.17) is 19.2 Å². The predicted molar refractivity (Wildman–Crippen MR) is 103 cm³/mol. The summed E-state index contributed by atoms with van der Waals surface area (Å²) < 4.78 is 15.8. The van der Waals surface area contributed by atoms with Crippen LogP contribution in [0, 0.1) is 0 Å². The number of benzene rings is 2. The van der Waals surface area contributed by atoms with E-state index in [2.05, 4.69) is 0 Å². The molecule has 4 rings (SSSR count). The summed E-state index contributed by atoms with van der Waals surface area (Å²) in [5.74, 6) is 1.98. The molecule has 3 aromatic rings. The zero-order chi connectivity index (χ0) is 18.8. The number of ether oxygens (including phenoxy) is 3. The highest BCUT2D eigenvalue weighted by molar-refractivity contribution is 5.93. The summed E-state index contributed by atoms with van der Waals surface area (Å²) in [4.78, 5) is 18.3. The van der Waals surface area contributed by atoms with Crippen molar-refractivity contribution < 1.29 is 19.0 Å². The van der Waals surface area contributed by atoms with Gasteiger partial charge in [0.2, 0.25) is 0 Å². The van der Waals surface area contributed by atoms with E-state index in [1.807, 2.05) is 48.5 Å². The molecule has 0 saturated carbocycles. The second-order valence-corrected chi connectivity index (χ2v) is 6.28. The summed E-state index contributed by atoms with van der Waals surface area (Å²) >= 11 is 0.